The average Bonchev–Trinajstić information content (AvgIpc) is 2.94. The first kappa shape index (κ1) is 11.1. The van der Waals surface area contributed by atoms with E-state index in [4.69, 9.17) is 10.5 Å². The van der Waals surface area contributed by atoms with Crippen molar-refractivity contribution in [1.29, 1.82) is 0 Å². The van der Waals surface area contributed by atoms with Gasteiger partial charge in [-0.15, -0.1) is 0 Å². The molecule has 1 saturated heterocycles. The molecule has 1 fully saturated rings. The molecule has 3 heterocycles. The zero-order chi connectivity index (χ0) is 11.8. The van der Waals surface area contributed by atoms with E-state index in [1.165, 1.54) is 6.33 Å². The molecule has 2 atom stereocenters. The van der Waals surface area contributed by atoms with E-state index < -0.39 is 0 Å². The molecule has 1 aliphatic heterocycles. The van der Waals surface area contributed by atoms with Crippen molar-refractivity contribution in [3.63, 3.8) is 0 Å². The molecule has 17 heavy (non-hydrogen) atoms. The van der Waals surface area contributed by atoms with Crippen molar-refractivity contribution < 1.29 is 4.74 Å². The lowest BCUT2D eigenvalue weighted by Crippen LogP contribution is -2.12. The molecule has 0 amide bonds. The van der Waals surface area contributed by atoms with Crippen molar-refractivity contribution >= 4 is 39.6 Å². The fourth-order valence-electron chi connectivity index (χ4n) is 2.09. The molecule has 0 bridgehead atoms. The van der Waals surface area contributed by atoms with Gasteiger partial charge < -0.3 is 10.5 Å². The average molecular weight is 345 g/mol. The first-order chi connectivity index (χ1) is 8.29. The maximum atomic E-state index is 5.92. The van der Waals surface area contributed by atoms with Crippen molar-refractivity contribution in [3.8, 4) is 0 Å². The predicted octanol–water partition coefficient (Wildman–Crippen LogP) is 1.52. The number of rotatable bonds is 2. The Labute approximate surface area is 112 Å². The molecule has 90 valence electrons. The maximum absolute atomic E-state index is 5.92. The van der Waals surface area contributed by atoms with E-state index in [1.807, 2.05) is 4.57 Å². The number of alkyl halides is 1. The number of aromatic nitrogens is 4. The Morgan fingerprint density at radius 1 is 1.41 bits per heavy atom. The van der Waals surface area contributed by atoms with Gasteiger partial charge in [-0.25, -0.2) is 15.0 Å². The Morgan fingerprint density at radius 3 is 3.06 bits per heavy atom. The summed E-state index contributed by atoms with van der Waals surface area (Å²) < 4.78 is 8.87. The second-order valence-electron chi connectivity index (χ2n) is 4.03. The zero-order valence-electron chi connectivity index (χ0n) is 9.08. The third-order valence-corrected chi connectivity index (χ3v) is 3.94. The summed E-state index contributed by atoms with van der Waals surface area (Å²) >= 11 is 2.35. The van der Waals surface area contributed by atoms with Gasteiger partial charge in [0.15, 0.2) is 11.5 Å². The van der Waals surface area contributed by atoms with Crippen LogP contribution in [-0.2, 0) is 4.74 Å². The predicted molar refractivity (Wildman–Crippen MR) is 71.8 cm³/mol. The largest absolute Gasteiger partial charge is 0.382 e. The van der Waals surface area contributed by atoms with Crippen LogP contribution in [0.5, 0.6) is 0 Å². The minimum atomic E-state index is 0.0223. The van der Waals surface area contributed by atoms with E-state index in [0.29, 0.717) is 17.4 Å². The summed E-state index contributed by atoms with van der Waals surface area (Å²) in [7, 11) is 0. The van der Waals surface area contributed by atoms with Crippen LogP contribution < -0.4 is 5.73 Å². The molecule has 3 rings (SSSR count). The van der Waals surface area contributed by atoms with Gasteiger partial charge >= 0.3 is 0 Å². The van der Waals surface area contributed by atoms with Crippen molar-refractivity contribution in [1.82, 2.24) is 19.5 Å². The first-order valence-corrected chi connectivity index (χ1v) is 6.96. The summed E-state index contributed by atoms with van der Waals surface area (Å²) in [6.07, 6.45) is 5.61. The highest BCUT2D eigenvalue weighted by atomic mass is 127. The zero-order valence-corrected chi connectivity index (χ0v) is 11.2. The fourth-order valence-corrected chi connectivity index (χ4v) is 2.73. The molecule has 0 spiro atoms. The molecule has 0 saturated carbocycles. The van der Waals surface area contributed by atoms with E-state index >= 15 is 0 Å². The molecule has 0 unspecified atom stereocenters. The molecule has 6 nitrogen and oxygen atoms in total. The number of hydrogen-bond acceptors (Lipinski definition) is 5. The number of nitrogen functional groups attached to an aromatic ring is 1. The van der Waals surface area contributed by atoms with Crippen LogP contribution in [0.25, 0.3) is 11.2 Å². The minimum Gasteiger partial charge on any atom is -0.382 e. The third-order valence-electron chi connectivity index (χ3n) is 2.95. The van der Waals surface area contributed by atoms with E-state index in [0.717, 1.165) is 22.9 Å². The lowest BCUT2D eigenvalue weighted by atomic mass is 10.2. The number of ether oxygens (including phenoxy) is 1. The van der Waals surface area contributed by atoms with E-state index in [2.05, 4.69) is 37.5 Å². The quantitative estimate of drug-likeness (QED) is 0.660. The van der Waals surface area contributed by atoms with Gasteiger partial charge in [-0.3, -0.25) is 4.57 Å². The van der Waals surface area contributed by atoms with Crippen molar-refractivity contribution in [3.05, 3.63) is 12.7 Å². The van der Waals surface area contributed by atoms with E-state index in [1.54, 1.807) is 6.33 Å². The molecule has 2 N–H and O–H groups in total. The van der Waals surface area contributed by atoms with Crippen LogP contribution in [0.15, 0.2) is 12.7 Å². The number of imidazole rings is 1. The Bertz CT molecular complexity index is 542. The molecular formula is C10H12IN5O. The number of hydrogen-bond donors (Lipinski definition) is 1. The van der Waals surface area contributed by atoms with Gasteiger partial charge in [0.25, 0.3) is 0 Å². The van der Waals surface area contributed by atoms with Gasteiger partial charge in [-0.1, -0.05) is 22.6 Å². The molecule has 2 aromatic heterocycles. The molecule has 2 aromatic rings. The molecule has 0 radical (unpaired) electrons. The summed E-state index contributed by atoms with van der Waals surface area (Å²) in [5.74, 6) is 0.414. The molecule has 7 heteroatoms. The van der Waals surface area contributed by atoms with Gasteiger partial charge in [0.1, 0.15) is 18.1 Å². The normalized spacial score (nSPS) is 24.5. The summed E-state index contributed by atoms with van der Waals surface area (Å²) in [4.78, 5) is 12.4. The van der Waals surface area contributed by atoms with Gasteiger partial charge in [0.05, 0.1) is 12.4 Å². The topological polar surface area (TPSA) is 78.9 Å². The number of anilines is 1. The Balaban J connectivity index is 1.99. The Kier molecular flexibility index (Phi) is 2.87. The van der Waals surface area contributed by atoms with Crippen LogP contribution in [0.1, 0.15) is 19.1 Å². The van der Waals surface area contributed by atoms with Crippen LogP contribution in [0.2, 0.25) is 0 Å². The van der Waals surface area contributed by atoms with Crippen molar-refractivity contribution in [2.24, 2.45) is 0 Å². The maximum Gasteiger partial charge on any atom is 0.167 e. The fraction of sp³-hybridized carbons (Fsp3) is 0.500. The summed E-state index contributed by atoms with van der Waals surface area (Å²) in [6, 6.07) is 0. The third kappa shape index (κ3) is 1.86. The number of fused-ring (bicyclic) bond motifs is 1. The Morgan fingerprint density at radius 2 is 2.29 bits per heavy atom. The lowest BCUT2D eigenvalue weighted by Gasteiger charge is -2.13. The smallest absolute Gasteiger partial charge is 0.167 e. The molecule has 0 aliphatic carbocycles. The molecular weight excluding hydrogens is 333 g/mol. The monoisotopic (exact) mass is 345 g/mol. The Hall–Kier alpha value is -0.960. The number of nitrogens with two attached hydrogens (primary N) is 1. The summed E-state index contributed by atoms with van der Waals surface area (Å²) in [6.45, 7) is 0. The van der Waals surface area contributed by atoms with Gasteiger partial charge in [0, 0.05) is 4.43 Å². The summed E-state index contributed by atoms with van der Waals surface area (Å²) in [5.41, 5.74) is 7.15. The van der Waals surface area contributed by atoms with Crippen LogP contribution >= 0.6 is 22.6 Å². The van der Waals surface area contributed by atoms with Crippen LogP contribution in [0.3, 0.4) is 0 Å². The molecule has 0 aromatic carbocycles. The van der Waals surface area contributed by atoms with Crippen LogP contribution in [0.4, 0.5) is 5.82 Å². The second-order valence-corrected chi connectivity index (χ2v) is 4.91. The SMILES string of the molecule is Nc1ncnc2c1ncn2[C@H]1CC[C@@H](CI)O1. The van der Waals surface area contributed by atoms with E-state index in [9.17, 15) is 0 Å². The standard InChI is InChI=1S/C10H12IN5O/c11-3-6-1-2-7(17-6)16-5-15-8-9(12)13-4-14-10(8)16/h4-7H,1-3H2,(H2,12,13,14)/t6-,7+/m0/s1. The first-order valence-electron chi connectivity index (χ1n) is 5.44. The summed E-state index contributed by atoms with van der Waals surface area (Å²) in [5, 5.41) is 0. The lowest BCUT2D eigenvalue weighted by molar-refractivity contribution is 0.0166. The number of halogens is 1. The van der Waals surface area contributed by atoms with Gasteiger partial charge in [-0.05, 0) is 12.8 Å². The second kappa shape index (κ2) is 4.37. The van der Waals surface area contributed by atoms with Crippen molar-refractivity contribution in [2.45, 2.75) is 25.2 Å². The highest BCUT2D eigenvalue weighted by Crippen LogP contribution is 2.31. The van der Waals surface area contributed by atoms with Crippen LogP contribution in [-0.4, -0.2) is 30.1 Å². The minimum absolute atomic E-state index is 0.0223. The highest BCUT2D eigenvalue weighted by Gasteiger charge is 2.27. The van der Waals surface area contributed by atoms with Crippen LogP contribution in [0, 0.1) is 0 Å². The van der Waals surface area contributed by atoms with Gasteiger partial charge in [-0.2, -0.15) is 0 Å². The highest BCUT2D eigenvalue weighted by molar-refractivity contribution is 14.1. The van der Waals surface area contributed by atoms with Crippen molar-refractivity contribution in [2.75, 3.05) is 10.2 Å². The van der Waals surface area contributed by atoms with Gasteiger partial charge in [0.2, 0.25) is 0 Å². The number of nitrogens with zero attached hydrogens (tertiary/aromatic N) is 4. The molecule has 1 aliphatic rings. The van der Waals surface area contributed by atoms with E-state index in [-0.39, 0.29) is 6.23 Å².